The number of aromatic hydroxyl groups is 1. The van der Waals surface area contributed by atoms with Crippen LogP contribution in [0.3, 0.4) is 0 Å². The minimum absolute atomic E-state index is 0.0544. The monoisotopic (exact) mass is 341 g/mol. The third-order valence-electron chi connectivity index (χ3n) is 4.39. The molecule has 0 radical (unpaired) electrons. The van der Waals surface area contributed by atoms with Gasteiger partial charge in [0, 0.05) is 0 Å². The predicted molar refractivity (Wildman–Crippen MR) is 86.7 cm³/mol. The molecule has 2 nitrogen and oxygen atoms in total. The van der Waals surface area contributed by atoms with Gasteiger partial charge in [-0.1, -0.05) is 31.4 Å². The summed E-state index contributed by atoms with van der Waals surface area (Å²) in [5.41, 5.74) is 5.93. The molecule has 0 spiro atoms. The van der Waals surface area contributed by atoms with Crippen molar-refractivity contribution in [3.8, 4) is 16.9 Å². The van der Waals surface area contributed by atoms with Gasteiger partial charge in [0.25, 0.3) is 0 Å². The molecule has 2 aromatic rings. The fraction of sp³-hybridized carbons (Fsp3) is 0.412. The van der Waals surface area contributed by atoms with Crippen LogP contribution in [-0.4, -0.2) is 5.11 Å². The zero-order chi connectivity index (χ0) is 16.6. The lowest BCUT2D eigenvalue weighted by atomic mass is 9.87. The summed E-state index contributed by atoms with van der Waals surface area (Å²) in [5.74, 6) is 0.314. The summed E-state index contributed by atoms with van der Waals surface area (Å²) in [5, 5.41) is 10.9. The molecule has 0 saturated heterocycles. The van der Waals surface area contributed by atoms with Crippen molar-refractivity contribution < 1.29 is 18.3 Å². The van der Waals surface area contributed by atoms with Crippen LogP contribution in [0.2, 0.25) is 0 Å². The highest BCUT2D eigenvalue weighted by atomic mass is 32.1. The van der Waals surface area contributed by atoms with E-state index in [0.717, 1.165) is 42.7 Å². The normalized spacial score (nSPS) is 16.7. The lowest BCUT2D eigenvalue weighted by Gasteiger charge is -2.20. The van der Waals surface area contributed by atoms with Crippen LogP contribution in [0.5, 0.6) is 5.75 Å². The highest BCUT2D eigenvalue weighted by Gasteiger charge is 2.31. The smallest absolute Gasteiger partial charge is 0.416 e. The number of benzene rings is 1. The Morgan fingerprint density at radius 3 is 2.48 bits per heavy atom. The number of hydrogen-bond acceptors (Lipinski definition) is 3. The highest BCUT2D eigenvalue weighted by molar-refractivity contribution is 7.17. The van der Waals surface area contributed by atoms with Crippen molar-refractivity contribution in [1.82, 2.24) is 0 Å². The average molecular weight is 341 g/mol. The minimum Gasteiger partial charge on any atom is -0.506 e. The molecule has 1 aromatic heterocycles. The van der Waals surface area contributed by atoms with Gasteiger partial charge >= 0.3 is 6.18 Å². The second-order valence-corrected chi connectivity index (χ2v) is 7.05. The Kier molecular flexibility index (Phi) is 4.27. The first kappa shape index (κ1) is 16.2. The Bertz CT molecular complexity index is 702. The van der Waals surface area contributed by atoms with Gasteiger partial charge in [-0.2, -0.15) is 13.2 Å². The van der Waals surface area contributed by atoms with Crippen LogP contribution in [0.15, 0.2) is 24.3 Å². The van der Waals surface area contributed by atoms with Gasteiger partial charge in [0.05, 0.1) is 21.0 Å². The third-order valence-corrected chi connectivity index (χ3v) is 5.56. The maximum atomic E-state index is 12.9. The van der Waals surface area contributed by atoms with Crippen LogP contribution in [0.1, 0.15) is 48.5 Å². The van der Waals surface area contributed by atoms with Gasteiger partial charge in [0.1, 0.15) is 5.75 Å². The van der Waals surface area contributed by atoms with E-state index >= 15 is 0 Å². The van der Waals surface area contributed by atoms with Gasteiger partial charge in [-0.3, -0.25) is 0 Å². The van der Waals surface area contributed by atoms with Gasteiger partial charge < -0.3 is 10.8 Å². The summed E-state index contributed by atoms with van der Waals surface area (Å²) in [7, 11) is 0. The van der Waals surface area contributed by atoms with Gasteiger partial charge in [-0.05, 0) is 36.5 Å². The molecule has 1 aliphatic rings. The Labute approximate surface area is 136 Å². The van der Waals surface area contributed by atoms with E-state index in [1.54, 1.807) is 6.07 Å². The van der Waals surface area contributed by atoms with Crippen molar-refractivity contribution in [3.05, 3.63) is 34.7 Å². The van der Waals surface area contributed by atoms with Crippen LogP contribution in [0.4, 0.5) is 18.2 Å². The van der Waals surface area contributed by atoms with Crippen LogP contribution in [0.25, 0.3) is 11.1 Å². The summed E-state index contributed by atoms with van der Waals surface area (Å²) in [6, 6.07) is 4.96. The number of alkyl halides is 3. The molecule has 1 heterocycles. The van der Waals surface area contributed by atoms with E-state index in [2.05, 4.69) is 0 Å². The van der Waals surface area contributed by atoms with Gasteiger partial charge in [-0.15, -0.1) is 11.3 Å². The summed E-state index contributed by atoms with van der Waals surface area (Å²) in [6.07, 6.45) is 0.994. The van der Waals surface area contributed by atoms with Crippen molar-refractivity contribution in [1.29, 1.82) is 0 Å². The van der Waals surface area contributed by atoms with Gasteiger partial charge in [0.15, 0.2) is 0 Å². The molecule has 0 unspecified atom stereocenters. The predicted octanol–water partition coefficient (Wildman–Crippen LogP) is 5.77. The molecule has 6 heteroatoms. The summed E-state index contributed by atoms with van der Waals surface area (Å²) in [6.45, 7) is 0. The Balaban J connectivity index is 2.02. The Hall–Kier alpha value is -1.69. The number of rotatable bonds is 2. The zero-order valence-electron chi connectivity index (χ0n) is 12.5. The average Bonchev–Trinajstić information content (AvgIpc) is 2.82. The molecule has 1 fully saturated rings. The first-order valence-electron chi connectivity index (χ1n) is 7.66. The summed E-state index contributed by atoms with van der Waals surface area (Å²) in [4.78, 5) is 0.814. The van der Waals surface area contributed by atoms with E-state index in [9.17, 15) is 18.3 Å². The van der Waals surface area contributed by atoms with Gasteiger partial charge in [-0.25, -0.2) is 0 Å². The largest absolute Gasteiger partial charge is 0.506 e. The number of halogens is 3. The maximum Gasteiger partial charge on any atom is 0.416 e. The summed E-state index contributed by atoms with van der Waals surface area (Å²) < 4.78 is 38.7. The van der Waals surface area contributed by atoms with Crippen molar-refractivity contribution in [2.24, 2.45) is 0 Å². The van der Waals surface area contributed by atoms with Crippen LogP contribution in [0, 0.1) is 0 Å². The number of nitrogen functional groups attached to an aromatic ring is 1. The maximum absolute atomic E-state index is 12.9. The van der Waals surface area contributed by atoms with Crippen molar-refractivity contribution in [3.63, 3.8) is 0 Å². The van der Waals surface area contributed by atoms with Crippen LogP contribution < -0.4 is 5.73 Å². The number of thiophene rings is 1. The fourth-order valence-corrected chi connectivity index (χ4v) is 4.38. The lowest BCUT2D eigenvalue weighted by Crippen LogP contribution is -2.04. The van der Waals surface area contributed by atoms with Crippen LogP contribution in [-0.2, 0) is 6.18 Å². The number of anilines is 1. The molecule has 0 atom stereocenters. The Morgan fingerprint density at radius 1 is 1.13 bits per heavy atom. The SMILES string of the molecule is Nc1sc(C2CCCCC2)c(O)c1-c1cccc(C(F)(F)F)c1. The van der Waals surface area contributed by atoms with E-state index in [1.165, 1.54) is 23.8 Å². The number of nitrogens with two attached hydrogens (primary N) is 1. The number of hydrogen-bond donors (Lipinski definition) is 2. The molecule has 23 heavy (non-hydrogen) atoms. The highest BCUT2D eigenvalue weighted by Crippen LogP contribution is 2.50. The van der Waals surface area contributed by atoms with Gasteiger partial charge in [0.2, 0.25) is 0 Å². The second kappa shape index (κ2) is 6.07. The first-order chi connectivity index (χ1) is 10.9. The first-order valence-corrected chi connectivity index (χ1v) is 8.48. The fourth-order valence-electron chi connectivity index (χ4n) is 3.23. The van der Waals surface area contributed by atoms with Crippen molar-refractivity contribution in [2.45, 2.75) is 44.2 Å². The standard InChI is InChI=1S/C17H18F3NOS/c18-17(19,20)12-8-4-7-11(9-12)13-14(22)15(23-16(13)21)10-5-2-1-3-6-10/h4,7-10,22H,1-3,5-6,21H2. The molecular weight excluding hydrogens is 323 g/mol. The van der Waals surface area contributed by atoms with E-state index in [1.807, 2.05) is 0 Å². The van der Waals surface area contributed by atoms with E-state index in [4.69, 9.17) is 5.73 Å². The van der Waals surface area contributed by atoms with Crippen molar-refractivity contribution >= 4 is 16.3 Å². The molecule has 124 valence electrons. The van der Waals surface area contributed by atoms with E-state index in [0.29, 0.717) is 16.1 Å². The quantitative estimate of drug-likeness (QED) is 0.728. The third kappa shape index (κ3) is 3.17. The molecular formula is C17H18F3NOS. The minimum atomic E-state index is -4.41. The molecule has 1 aliphatic carbocycles. The lowest BCUT2D eigenvalue weighted by molar-refractivity contribution is -0.137. The Morgan fingerprint density at radius 2 is 1.83 bits per heavy atom. The molecule has 0 bridgehead atoms. The summed E-state index contributed by atoms with van der Waals surface area (Å²) >= 11 is 1.30. The molecule has 3 N–H and O–H groups in total. The molecule has 1 aromatic carbocycles. The molecule has 0 aliphatic heterocycles. The van der Waals surface area contributed by atoms with Crippen LogP contribution >= 0.6 is 11.3 Å². The zero-order valence-corrected chi connectivity index (χ0v) is 13.3. The molecule has 3 rings (SSSR count). The molecule has 0 amide bonds. The van der Waals surface area contributed by atoms with E-state index in [-0.39, 0.29) is 11.7 Å². The van der Waals surface area contributed by atoms with Crippen molar-refractivity contribution in [2.75, 3.05) is 5.73 Å². The van der Waals surface area contributed by atoms with E-state index < -0.39 is 11.7 Å². The second-order valence-electron chi connectivity index (χ2n) is 5.97. The topological polar surface area (TPSA) is 46.2 Å². The molecule has 1 saturated carbocycles.